The summed E-state index contributed by atoms with van der Waals surface area (Å²) < 4.78 is 1.56. The largest absolute Gasteiger partial charge is 0.355 e. The van der Waals surface area contributed by atoms with Crippen LogP contribution in [0.5, 0.6) is 0 Å². The fraction of sp³-hybridized carbons (Fsp3) is 0.333. The van der Waals surface area contributed by atoms with Gasteiger partial charge in [-0.15, -0.1) is 0 Å². The molecule has 1 aromatic carbocycles. The molecule has 2 aromatic rings. The number of carbonyl (C=O) groups excluding carboxylic acids is 3. The molecule has 3 N–H and O–H groups in total. The molecule has 8 nitrogen and oxygen atoms in total. The molecule has 0 atom stereocenters. The zero-order chi connectivity index (χ0) is 18.9. The van der Waals surface area contributed by atoms with Gasteiger partial charge >= 0.3 is 0 Å². The van der Waals surface area contributed by atoms with Gasteiger partial charge in [-0.2, -0.15) is 5.10 Å². The SMILES string of the molecule is Cc1cc(C)n(CC(=O)NNC(=O)CCNC(=O)Cc2ccccc2)n1. The number of carbonyl (C=O) groups is 3. The summed E-state index contributed by atoms with van der Waals surface area (Å²) in [5.41, 5.74) is 7.25. The van der Waals surface area contributed by atoms with Crippen LogP contribution in [-0.2, 0) is 27.3 Å². The van der Waals surface area contributed by atoms with Crippen molar-refractivity contribution < 1.29 is 14.4 Å². The lowest BCUT2D eigenvalue weighted by Gasteiger charge is -2.09. The molecule has 1 aromatic heterocycles. The van der Waals surface area contributed by atoms with E-state index >= 15 is 0 Å². The maximum Gasteiger partial charge on any atom is 0.260 e. The summed E-state index contributed by atoms with van der Waals surface area (Å²) in [6.07, 6.45) is 0.336. The number of aromatic nitrogens is 2. The van der Waals surface area contributed by atoms with Crippen LogP contribution in [0.3, 0.4) is 0 Å². The van der Waals surface area contributed by atoms with Gasteiger partial charge in [-0.05, 0) is 25.5 Å². The summed E-state index contributed by atoms with van der Waals surface area (Å²) >= 11 is 0. The second-order valence-electron chi connectivity index (χ2n) is 5.94. The van der Waals surface area contributed by atoms with Crippen molar-refractivity contribution >= 4 is 17.7 Å². The van der Waals surface area contributed by atoms with E-state index in [2.05, 4.69) is 21.3 Å². The number of nitrogens with zero attached hydrogens (tertiary/aromatic N) is 2. The molecule has 3 amide bonds. The van der Waals surface area contributed by atoms with E-state index in [4.69, 9.17) is 0 Å². The van der Waals surface area contributed by atoms with E-state index in [-0.39, 0.29) is 43.7 Å². The van der Waals surface area contributed by atoms with Crippen molar-refractivity contribution in [3.05, 3.63) is 53.3 Å². The summed E-state index contributed by atoms with van der Waals surface area (Å²) in [6.45, 7) is 3.91. The monoisotopic (exact) mass is 357 g/mol. The maximum absolute atomic E-state index is 11.8. The lowest BCUT2D eigenvalue weighted by molar-refractivity contribution is -0.129. The average Bonchev–Trinajstić information content (AvgIpc) is 2.91. The van der Waals surface area contributed by atoms with Gasteiger partial charge in [0.1, 0.15) is 6.54 Å². The third-order valence-electron chi connectivity index (χ3n) is 3.62. The molecule has 0 spiro atoms. The number of rotatable bonds is 7. The van der Waals surface area contributed by atoms with Gasteiger partial charge in [-0.1, -0.05) is 30.3 Å². The van der Waals surface area contributed by atoms with Crippen molar-refractivity contribution in [1.29, 1.82) is 0 Å². The van der Waals surface area contributed by atoms with Crippen LogP contribution in [-0.4, -0.2) is 34.0 Å². The molecule has 2 rings (SSSR count). The highest BCUT2D eigenvalue weighted by atomic mass is 16.2. The summed E-state index contributed by atoms with van der Waals surface area (Å²) in [7, 11) is 0. The molecule has 0 unspecified atom stereocenters. The molecule has 0 bridgehead atoms. The maximum atomic E-state index is 11.8. The number of hydrazine groups is 1. The van der Waals surface area contributed by atoms with Crippen LogP contribution >= 0.6 is 0 Å². The highest BCUT2D eigenvalue weighted by Gasteiger charge is 2.09. The number of aryl methyl sites for hydroxylation is 2. The van der Waals surface area contributed by atoms with Gasteiger partial charge in [-0.25, -0.2) is 0 Å². The first kappa shape index (κ1) is 19.2. The number of benzene rings is 1. The normalized spacial score (nSPS) is 10.2. The predicted molar refractivity (Wildman–Crippen MR) is 95.8 cm³/mol. The van der Waals surface area contributed by atoms with Gasteiger partial charge in [0.05, 0.1) is 12.1 Å². The van der Waals surface area contributed by atoms with Crippen LogP contribution in [0.1, 0.15) is 23.4 Å². The van der Waals surface area contributed by atoms with Gasteiger partial charge in [0, 0.05) is 18.7 Å². The Bertz CT molecular complexity index is 770. The van der Waals surface area contributed by atoms with Crippen molar-refractivity contribution in [3.8, 4) is 0 Å². The Morgan fingerprint density at radius 1 is 1.00 bits per heavy atom. The summed E-state index contributed by atoms with van der Waals surface area (Å²) in [4.78, 5) is 35.3. The van der Waals surface area contributed by atoms with Crippen LogP contribution in [0, 0.1) is 13.8 Å². The van der Waals surface area contributed by atoms with Crippen molar-refractivity contribution in [2.75, 3.05) is 6.54 Å². The van der Waals surface area contributed by atoms with E-state index in [0.717, 1.165) is 17.0 Å². The first-order valence-corrected chi connectivity index (χ1v) is 8.33. The Hall–Kier alpha value is -3.16. The fourth-order valence-electron chi connectivity index (χ4n) is 2.37. The molecule has 0 saturated heterocycles. The van der Waals surface area contributed by atoms with E-state index in [9.17, 15) is 14.4 Å². The van der Waals surface area contributed by atoms with Crippen LogP contribution < -0.4 is 16.2 Å². The molecule has 8 heteroatoms. The Kier molecular flexibility index (Phi) is 6.90. The zero-order valence-corrected chi connectivity index (χ0v) is 14.9. The molecule has 0 aliphatic rings. The smallest absolute Gasteiger partial charge is 0.260 e. The first-order chi connectivity index (χ1) is 12.4. The van der Waals surface area contributed by atoms with Crippen LogP contribution in [0.4, 0.5) is 0 Å². The third-order valence-corrected chi connectivity index (χ3v) is 3.62. The summed E-state index contributed by atoms with van der Waals surface area (Å²) in [6, 6.07) is 11.2. The topological polar surface area (TPSA) is 105 Å². The van der Waals surface area contributed by atoms with Gasteiger partial charge in [0.25, 0.3) is 5.91 Å². The summed E-state index contributed by atoms with van der Waals surface area (Å²) in [5.74, 6) is -0.915. The van der Waals surface area contributed by atoms with Crippen LogP contribution in [0.2, 0.25) is 0 Å². The molecular formula is C18H23N5O3. The highest BCUT2D eigenvalue weighted by Crippen LogP contribution is 2.01. The number of hydrogen-bond donors (Lipinski definition) is 3. The minimum Gasteiger partial charge on any atom is -0.355 e. The molecule has 26 heavy (non-hydrogen) atoms. The van der Waals surface area contributed by atoms with Crippen LogP contribution in [0.25, 0.3) is 0 Å². The molecule has 1 heterocycles. The molecular weight excluding hydrogens is 334 g/mol. The minimum absolute atomic E-state index is 0.0216. The van der Waals surface area contributed by atoms with Gasteiger partial charge in [0.2, 0.25) is 11.8 Å². The zero-order valence-electron chi connectivity index (χ0n) is 14.9. The molecule has 138 valence electrons. The lowest BCUT2D eigenvalue weighted by atomic mass is 10.1. The van der Waals surface area contributed by atoms with E-state index < -0.39 is 0 Å². The minimum atomic E-state index is -0.383. The molecule has 0 aliphatic heterocycles. The van der Waals surface area contributed by atoms with Gasteiger partial charge < -0.3 is 5.32 Å². The number of amides is 3. The van der Waals surface area contributed by atoms with Crippen molar-refractivity contribution in [2.45, 2.75) is 33.2 Å². The first-order valence-electron chi connectivity index (χ1n) is 8.33. The van der Waals surface area contributed by atoms with Gasteiger partial charge in [-0.3, -0.25) is 29.9 Å². The Labute approximate surface area is 151 Å². The second-order valence-corrected chi connectivity index (χ2v) is 5.94. The van der Waals surface area contributed by atoms with E-state index in [0.29, 0.717) is 0 Å². The van der Waals surface area contributed by atoms with E-state index in [1.165, 1.54) is 0 Å². The van der Waals surface area contributed by atoms with E-state index in [1.54, 1.807) is 4.68 Å². The fourth-order valence-corrected chi connectivity index (χ4v) is 2.37. The molecule has 0 fully saturated rings. The molecule has 0 radical (unpaired) electrons. The van der Waals surface area contributed by atoms with Gasteiger partial charge in [0.15, 0.2) is 0 Å². The van der Waals surface area contributed by atoms with Crippen molar-refractivity contribution in [2.24, 2.45) is 0 Å². The van der Waals surface area contributed by atoms with Crippen molar-refractivity contribution in [1.82, 2.24) is 25.9 Å². The predicted octanol–water partition coefficient (Wildman–Crippen LogP) is 0.396. The van der Waals surface area contributed by atoms with E-state index in [1.807, 2.05) is 50.2 Å². The highest BCUT2D eigenvalue weighted by molar-refractivity contribution is 5.83. The van der Waals surface area contributed by atoms with Crippen LogP contribution in [0.15, 0.2) is 36.4 Å². The van der Waals surface area contributed by atoms with Crippen molar-refractivity contribution in [3.63, 3.8) is 0 Å². The standard InChI is InChI=1S/C18H23N5O3/c1-13-10-14(2)23(22-13)12-18(26)21-20-16(24)8-9-19-17(25)11-15-6-4-3-5-7-15/h3-7,10H,8-9,11-12H2,1-2H3,(H,19,25)(H,20,24)(H,21,26). The number of nitrogens with one attached hydrogen (secondary N) is 3. The average molecular weight is 357 g/mol. The lowest BCUT2D eigenvalue weighted by Crippen LogP contribution is -2.44. The number of hydrogen-bond acceptors (Lipinski definition) is 4. The third kappa shape index (κ3) is 6.39. The Balaban J connectivity index is 1.62. The molecule has 0 aliphatic carbocycles. The quantitative estimate of drug-likeness (QED) is 0.624. The summed E-state index contributed by atoms with van der Waals surface area (Å²) in [5, 5.41) is 6.85. The molecule has 0 saturated carbocycles. The Morgan fingerprint density at radius 3 is 2.35 bits per heavy atom. The Morgan fingerprint density at radius 2 is 1.69 bits per heavy atom. The second kappa shape index (κ2) is 9.36.